The number of carboxylic acids is 1. The van der Waals surface area contributed by atoms with Crippen LogP contribution in [0.2, 0.25) is 5.02 Å². The third kappa shape index (κ3) is 2.87. The molecule has 22 heavy (non-hydrogen) atoms. The molecule has 1 aromatic carbocycles. The maximum Gasteiger partial charge on any atom is 0.331 e. The molecule has 2 aromatic rings. The summed E-state index contributed by atoms with van der Waals surface area (Å²) in [5.41, 5.74) is -1.15. The number of ether oxygens (including phenoxy) is 1. The summed E-state index contributed by atoms with van der Waals surface area (Å²) < 4.78 is 4.98. The zero-order valence-electron chi connectivity index (χ0n) is 11.8. The molecule has 0 radical (unpaired) electrons. The first-order valence-corrected chi connectivity index (χ1v) is 6.58. The Labute approximate surface area is 129 Å². The summed E-state index contributed by atoms with van der Waals surface area (Å²) in [6.45, 7) is 1.32. The number of hydrogen-bond donors (Lipinski definition) is 2. The fourth-order valence-corrected chi connectivity index (χ4v) is 2.15. The monoisotopic (exact) mass is 321 g/mol. The zero-order valence-corrected chi connectivity index (χ0v) is 12.5. The van der Waals surface area contributed by atoms with Crippen molar-refractivity contribution in [2.75, 3.05) is 7.11 Å². The van der Waals surface area contributed by atoms with E-state index in [9.17, 15) is 14.4 Å². The van der Waals surface area contributed by atoms with Crippen molar-refractivity contribution in [1.82, 2.24) is 4.98 Å². The average molecular weight is 322 g/mol. The van der Waals surface area contributed by atoms with Gasteiger partial charge in [-0.3, -0.25) is 9.59 Å². The second-order valence-electron chi connectivity index (χ2n) is 4.55. The number of nitrogens with one attached hydrogen (secondary N) is 1. The Morgan fingerprint density at radius 3 is 2.64 bits per heavy atom. The Kier molecular flexibility index (Phi) is 4.32. The van der Waals surface area contributed by atoms with Gasteiger partial charge in [0.05, 0.1) is 18.2 Å². The van der Waals surface area contributed by atoms with Crippen molar-refractivity contribution < 1.29 is 14.6 Å². The van der Waals surface area contributed by atoms with Gasteiger partial charge in [0.2, 0.25) is 0 Å². The van der Waals surface area contributed by atoms with Crippen LogP contribution in [-0.2, 0) is 4.79 Å². The molecule has 0 aliphatic heterocycles. The topological polar surface area (TPSA) is 96.5 Å². The van der Waals surface area contributed by atoms with Gasteiger partial charge < -0.3 is 14.8 Å². The molecule has 0 aliphatic rings. The third-order valence-electron chi connectivity index (χ3n) is 3.07. The summed E-state index contributed by atoms with van der Waals surface area (Å²) in [6, 6.07) is 4.41. The highest BCUT2D eigenvalue weighted by Gasteiger charge is 2.14. The number of halogens is 1. The van der Waals surface area contributed by atoms with E-state index in [4.69, 9.17) is 21.4 Å². The maximum absolute atomic E-state index is 12.6. The van der Waals surface area contributed by atoms with E-state index in [1.54, 1.807) is 0 Å². The van der Waals surface area contributed by atoms with Crippen molar-refractivity contribution in [2.24, 2.45) is 0 Å². The minimum absolute atomic E-state index is 0.0943. The van der Waals surface area contributed by atoms with Crippen LogP contribution in [0.25, 0.3) is 17.0 Å². The number of fused-ring (bicyclic) bond motifs is 1. The Morgan fingerprint density at radius 2 is 2.05 bits per heavy atom. The number of aromatic amines is 1. The van der Waals surface area contributed by atoms with Gasteiger partial charge in [-0.25, -0.2) is 4.79 Å². The molecule has 0 bridgehead atoms. The Balaban J connectivity index is 3.03. The van der Waals surface area contributed by atoms with E-state index in [2.05, 4.69) is 4.98 Å². The van der Waals surface area contributed by atoms with Crippen LogP contribution in [-0.4, -0.2) is 23.2 Å². The van der Waals surface area contributed by atoms with Gasteiger partial charge in [0.25, 0.3) is 5.56 Å². The number of aromatic nitrogens is 1. The Morgan fingerprint density at radius 1 is 1.36 bits per heavy atom. The summed E-state index contributed by atoms with van der Waals surface area (Å²) in [7, 11) is 1.23. The average Bonchev–Trinajstić information content (AvgIpc) is 2.54. The van der Waals surface area contributed by atoms with Crippen molar-refractivity contribution in [3.8, 4) is 5.75 Å². The molecule has 6 nitrogen and oxygen atoms in total. The molecule has 0 amide bonds. The van der Waals surface area contributed by atoms with E-state index in [1.165, 1.54) is 32.2 Å². The van der Waals surface area contributed by atoms with Crippen molar-refractivity contribution in [2.45, 2.75) is 6.92 Å². The molecule has 1 heterocycles. The molecule has 0 atom stereocenters. The lowest BCUT2D eigenvalue weighted by Gasteiger charge is -1.99. The standard InChI is InChI=1S/C15H12ClNO5/c1-7(15(20)21)5-10-12(18)9-4-3-8(16)6-11(9)17-14(19)13(10)22-2/h3-6H,1-2H3,(H,17,19)(H,20,21). The first kappa shape index (κ1) is 15.8. The number of methoxy groups -OCH3 is 1. The molecule has 0 saturated heterocycles. The summed E-state index contributed by atoms with van der Waals surface area (Å²) >= 11 is 5.86. The van der Waals surface area contributed by atoms with Gasteiger partial charge in [-0.05, 0) is 31.2 Å². The van der Waals surface area contributed by atoms with Crippen LogP contribution in [0.3, 0.4) is 0 Å². The van der Waals surface area contributed by atoms with Crippen molar-refractivity contribution in [3.63, 3.8) is 0 Å². The number of hydrogen-bond acceptors (Lipinski definition) is 4. The van der Waals surface area contributed by atoms with Crippen LogP contribution in [0.4, 0.5) is 0 Å². The minimum Gasteiger partial charge on any atom is -0.491 e. The van der Waals surface area contributed by atoms with E-state index in [1.807, 2.05) is 0 Å². The quantitative estimate of drug-likeness (QED) is 0.843. The molecule has 2 N–H and O–H groups in total. The van der Waals surface area contributed by atoms with Crippen LogP contribution >= 0.6 is 11.6 Å². The summed E-state index contributed by atoms with van der Waals surface area (Å²) in [4.78, 5) is 38.3. The lowest BCUT2D eigenvalue weighted by atomic mass is 10.1. The second kappa shape index (κ2) is 6.03. The van der Waals surface area contributed by atoms with Crippen LogP contribution in [0, 0.1) is 0 Å². The third-order valence-corrected chi connectivity index (χ3v) is 3.31. The Hall–Kier alpha value is -2.60. The smallest absolute Gasteiger partial charge is 0.331 e. The van der Waals surface area contributed by atoms with Gasteiger partial charge in [0.15, 0.2) is 11.2 Å². The molecule has 2 rings (SSSR count). The number of benzene rings is 1. The minimum atomic E-state index is -1.20. The summed E-state index contributed by atoms with van der Waals surface area (Å²) in [6.07, 6.45) is 1.12. The molecular weight excluding hydrogens is 310 g/mol. The molecule has 0 aliphatic carbocycles. The van der Waals surface area contributed by atoms with Crippen LogP contribution in [0.1, 0.15) is 12.5 Å². The molecule has 7 heteroatoms. The Bertz CT molecular complexity index is 914. The summed E-state index contributed by atoms with van der Waals surface area (Å²) in [5.74, 6) is -1.45. The van der Waals surface area contributed by atoms with Gasteiger partial charge in [0, 0.05) is 16.0 Å². The normalized spacial score (nSPS) is 11.5. The van der Waals surface area contributed by atoms with Crippen molar-refractivity contribution in [3.05, 3.63) is 54.9 Å². The van der Waals surface area contributed by atoms with Gasteiger partial charge >= 0.3 is 5.97 Å². The van der Waals surface area contributed by atoms with Crippen LogP contribution < -0.4 is 15.7 Å². The molecule has 0 saturated carbocycles. The van der Waals surface area contributed by atoms with E-state index in [0.29, 0.717) is 5.02 Å². The molecular formula is C15H12ClNO5. The van der Waals surface area contributed by atoms with Crippen molar-refractivity contribution in [1.29, 1.82) is 0 Å². The number of carboxylic acid groups (broad SMARTS) is 1. The summed E-state index contributed by atoms with van der Waals surface area (Å²) in [5, 5.41) is 9.52. The van der Waals surface area contributed by atoms with E-state index >= 15 is 0 Å². The largest absolute Gasteiger partial charge is 0.491 e. The SMILES string of the molecule is COc1c(C=C(C)C(=O)O)c(=O)c2ccc(Cl)cc2[nH]c1=O. The molecule has 1 aromatic heterocycles. The zero-order chi connectivity index (χ0) is 16.4. The van der Waals surface area contributed by atoms with Gasteiger partial charge in [-0.15, -0.1) is 0 Å². The lowest BCUT2D eigenvalue weighted by Crippen LogP contribution is -2.11. The van der Waals surface area contributed by atoms with E-state index < -0.39 is 17.0 Å². The maximum atomic E-state index is 12.6. The highest BCUT2D eigenvalue weighted by Crippen LogP contribution is 2.18. The molecule has 0 unspecified atom stereocenters. The first-order chi connectivity index (χ1) is 10.3. The van der Waals surface area contributed by atoms with Gasteiger partial charge in [0.1, 0.15) is 0 Å². The molecule has 0 fully saturated rings. The fraction of sp³-hybridized carbons (Fsp3) is 0.133. The van der Waals surface area contributed by atoms with Crippen LogP contribution in [0.15, 0.2) is 33.4 Å². The fourth-order valence-electron chi connectivity index (χ4n) is 1.98. The molecule has 114 valence electrons. The van der Waals surface area contributed by atoms with Gasteiger partial charge in [-0.1, -0.05) is 11.6 Å². The number of carbonyl (C=O) groups is 1. The van der Waals surface area contributed by atoms with Crippen molar-refractivity contribution >= 4 is 34.5 Å². The molecule has 0 spiro atoms. The van der Waals surface area contributed by atoms with E-state index in [0.717, 1.165) is 6.08 Å². The van der Waals surface area contributed by atoms with Crippen LogP contribution in [0.5, 0.6) is 5.75 Å². The van der Waals surface area contributed by atoms with Gasteiger partial charge in [-0.2, -0.15) is 0 Å². The number of H-pyrrole nitrogens is 1. The lowest BCUT2D eigenvalue weighted by molar-refractivity contribution is -0.132. The second-order valence-corrected chi connectivity index (χ2v) is 4.99. The highest BCUT2D eigenvalue weighted by atomic mass is 35.5. The highest BCUT2D eigenvalue weighted by molar-refractivity contribution is 6.31. The number of aliphatic carboxylic acids is 1. The predicted molar refractivity (Wildman–Crippen MR) is 83.7 cm³/mol. The first-order valence-electron chi connectivity index (χ1n) is 6.20. The number of rotatable bonds is 3. The predicted octanol–water partition coefficient (Wildman–Crippen LogP) is 2.04. The van der Waals surface area contributed by atoms with E-state index in [-0.39, 0.29) is 27.8 Å².